The largest absolute Gasteiger partial charge is 0.488 e. The maximum absolute atomic E-state index is 13.8. The molecule has 0 aliphatic heterocycles. The molecule has 0 aromatic heterocycles. The summed E-state index contributed by atoms with van der Waals surface area (Å²) in [5, 5.41) is 3.19. The number of anilines is 3. The number of hydrogen-bond acceptors (Lipinski definition) is 3. The Morgan fingerprint density at radius 3 is 2.57 bits per heavy atom. The van der Waals surface area contributed by atoms with E-state index in [2.05, 4.69) is 21.2 Å². The summed E-state index contributed by atoms with van der Waals surface area (Å²) < 4.78 is 20.3. The van der Waals surface area contributed by atoms with Crippen LogP contribution in [0.15, 0.2) is 34.8 Å². The summed E-state index contributed by atoms with van der Waals surface area (Å²) in [6.45, 7) is 5.69. The summed E-state index contributed by atoms with van der Waals surface area (Å²) in [5.41, 5.74) is 8.80. The average molecular weight is 353 g/mol. The molecule has 3 nitrogen and oxygen atoms in total. The summed E-state index contributed by atoms with van der Waals surface area (Å²) >= 11 is 3.46. The molecular weight excluding hydrogens is 335 g/mol. The van der Waals surface area contributed by atoms with E-state index in [0.717, 1.165) is 15.7 Å². The SMILES string of the molecule is Cc1cc(Nc2cc(OC(C)C)c(F)cc2N)ccc1Br. The van der Waals surface area contributed by atoms with E-state index in [0.29, 0.717) is 11.4 Å². The van der Waals surface area contributed by atoms with Gasteiger partial charge in [-0.1, -0.05) is 15.9 Å². The Balaban J connectivity index is 2.32. The molecule has 0 spiro atoms. The Hall–Kier alpha value is -1.75. The molecule has 0 bridgehead atoms. The number of nitrogen functional groups attached to an aromatic ring is 1. The number of aryl methyl sites for hydroxylation is 1. The molecule has 3 N–H and O–H groups in total. The van der Waals surface area contributed by atoms with Crippen molar-refractivity contribution in [1.29, 1.82) is 0 Å². The molecule has 0 heterocycles. The van der Waals surface area contributed by atoms with Gasteiger partial charge in [0.2, 0.25) is 0 Å². The monoisotopic (exact) mass is 352 g/mol. The van der Waals surface area contributed by atoms with E-state index in [1.54, 1.807) is 6.07 Å². The third-order valence-corrected chi connectivity index (χ3v) is 3.79. The van der Waals surface area contributed by atoms with Gasteiger partial charge in [-0.15, -0.1) is 0 Å². The Labute approximate surface area is 132 Å². The second-order valence-electron chi connectivity index (χ2n) is 5.13. The van der Waals surface area contributed by atoms with Crippen LogP contribution in [0.2, 0.25) is 0 Å². The Bertz CT molecular complexity index is 659. The van der Waals surface area contributed by atoms with Crippen LogP contribution in [0.5, 0.6) is 5.75 Å². The molecule has 2 aromatic carbocycles. The number of hydrogen-bond donors (Lipinski definition) is 2. The molecule has 0 radical (unpaired) electrons. The number of benzene rings is 2. The summed E-state index contributed by atoms with van der Waals surface area (Å²) in [7, 11) is 0. The zero-order valence-corrected chi connectivity index (χ0v) is 13.8. The second-order valence-corrected chi connectivity index (χ2v) is 5.98. The number of nitrogens with two attached hydrogens (primary N) is 1. The molecule has 0 atom stereocenters. The first-order valence-electron chi connectivity index (χ1n) is 6.65. The molecular formula is C16H18BrFN2O. The topological polar surface area (TPSA) is 47.3 Å². The third-order valence-electron chi connectivity index (χ3n) is 2.90. The van der Waals surface area contributed by atoms with Gasteiger partial charge in [-0.05, 0) is 44.5 Å². The Kier molecular flexibility index (Phi) is 4.73. The van der Waals surface area contributed by atoms with Crippen LogP contribution in [0.1, 0.15) is 19.4 Å². The van der Waals surface area contributed by atoms with E-state index in [4.69, 9.17) is 10.5 Å². The maximum Gasteiger partial charge on any atom is 0.167 e. The molecule has 0 fully saturated rings. The molecule has 0 saturated carbocycles. The number of rotatable bonds is 4. The molecule has 0 amide bonds. The maximum atomic E-state index is 13.8. The number of nitrogens with one attached hydrogen (secondary N) is 1. The normalized spacial score (nSPS) is 10.8. The van der Waals surface area contributed by atoms with Crippen LogP contribution in [0.3, 0.4) is 0 Å². The van der Waals surface area contributed by atoms with Crippen molar-refractivity contribution in [1.82, 2.24) is 0 Å². The molecule has 2 aromatic rings. The van der Waals surface area contributed by atoms with Gasteiger partial charge in [0.1, 0.15) is 0 Å². The molecule has 0 unspecified atom stereocenters. The van der Waals surface area contributed by atoms with Gasteiger partial charge < -0.3 is 15.8 Å². The Morgan fingerprint density at radius 1 is 1.24 bits per heavy atom. The van der Waals surface area contributed by atoms with Gasteiger partial charge >= 0.3 is 0 Å². The van der Waals surface area contributed by atoms with Crippen LogP contribution in [-0.4, -0.2) is 6.10 Å². The minimum Gasteiger partial charge on any atom is -0.488 e. The smallest absolute Gasteiger partial charge is 0.167 e. The predicted octanol–water partition coefficient (Wildman–Crippen LogP) is 5.01. The standard InChI is InChI=1S/C16H18BrFN2O/c1-9(2)21-16-8-15(14(19)7-13(16)18)20-11-4-5-12(17)10(3)6-11/h4-9,20H,19H2,1-3H3. The highest BCUT2D eigenvalue weighted by Crippen LogP contribution is 2.32. The summed E-state index contributed by atoms with van der Waals surface area (Å²) in [6.07, 6.45) is -0.106. The van der Waals surface area contributed by atoms with Gasteiger partial charge in [0.05, 0.1) is 17.5 Å². The van der Waals surface area contributed by atoms with Crippen molar-refractivity contribution in [3.63, 3.8) is 0 Å². The lowest BCUT2D eigenvalue weighted by Gasteiger charge is -2.15. The van der Waals surface area contributed by atoms with Crippen LogP contribution in [-0.2, 0) is 0 Å². The molecule has 112 valence electrons. The summed E-state index contributed by atoms with van der Waals surface area (Å²) in [4.78, 5) is 0. The van der Waals surface area contributed by atoms with Gasteiger partial charge in [0.15, 0.2) is 11.6 Å². The minimum atomic E-state index is -0.460. The van der Waals surface area contributed by atoms with Crippen molar-refractivity contribution in [2.75, 3.05) is 11.1 Å². The molecule has 5 heteroatoms. The fraction of sp³-hybridized carbons (Fsp3) is 0.250. The fourth-order valence-corrected chi connectivity index (χ4v) is 2.15. The lowest BCUT2D eigenvalue weighted by Crippen LogP contribution is -2.08. The van der Waals surface area contributed by atoms with Crippen LogP contribution >= 0.6 is 15.9 Å². The van der Waals surface area contributed by atoms with Gasteiger partial charge in [-0.2, -0.15) is 0 Å². The van der Waals surface area contributed by atoms with Crippen molar-refractivity contribution >= 4 is 33.0 Å². The zero-order valence-electron chi connectivity index (χ0n) is 12.2. The highest BCUT2D eigenvalue weighted by molar-refractivity contribution is 9.10. The minimum absolute atomic E-state index is 0.106. The summed E-state index contributed by atoms with van der Waals surface area (Å²) in [5.74, 6) is -0.269. The first kappa shape index (κ1) is 15.6. The first-order chi connectivity index (χ1) is 9.86. The molecule has 0 aliphatic rings. The van der Waals surface area contributed by atoms with E-state index < -0.39 is 5.82 Å². The fourth-order valence-electron chi connectivity index (χ4n) is 1.90. The van der Waals surface area contributed by atoms with E-state index in [1.807, 2.05) is 39.0 Å². The Morgan fingerprint density at radius 2 is 1.95 bits per heavy atom. The molecule has 0 saturated heterocycles. The van der Waals surface area contributed by atoms with Crippen LogP contribution in [0.4, 0.5) is 21.5 Å². The van der Waals surface area contributed by atoms with Crippen molar-refractivity contribution in [2.24, 2.45) is 0 Å². The van der Waals surface area contributed by atoms with Crippen molar-refractivity contribution in [3.8, 4) is 5.75 Å². The van der Waals surface area contributed by atoms with Gasteiger partial charge in [0.25, 0.3) is 0 Å². The number of ether oxygens (including phenoxy) is 1. The highest BCUT2D eigenvalue weighted by Gasteiger charge is 2.11. The lowest BCUT2D eigenvalue weighted by atomic mass is 10.2. The van der Waals surface area contributed by atoms with E-state index in [1.165, 1.54) is 6.07 Å². The van der Waals surface area contributed by atoms with Crippen LogP contribution in [0, 0.1) is 12.7 Å². The lowest BCUT2D eigenvalue weighted by molar-refractivity contribution is 0.231. The molecule has 0 aliphatic carbocycles. The predicted molar refractivity (Wildman–Crippen MR) is 88.7 cm³/mol. The van der Waals surface area contributed by atoms with Crippen LogP contribution in [0.25, 0.3) is 0 Å². The van der Waals surface area contributed by atoms with Gasteiger partial charge in [-0.3, -0.25) is 0 Å². The third kappa shape index (κ3) is 3.88. The first-order valence-corrected chi connectivity index (χ1v) is 7.45. The summed E-state index contributed by atoms with van der Waals surface area (Å²) in [6, 6.07) is 8.70. The van der Waals surface area contributed by atoms with Gasteiger partial charge in [-0.25, -0.2) is 4.39 Å². The number of halogens is 2. The van der Waals surface area contributed by atoms with Gasteiger partial charge in [0, 0.05) is 22.3 Å². The average Bonchev–Trinajstić information content (AvgIpc) is 2.39. The molecule has 2 rings (SSSR count). The highest BCUT2D eigenvalue weighted by atomic mass is 79.9. The van der Waals surface area contributed by atoms with Crippen molar-refractivity contribution in [3.05, 3.63) is 46.2 Å². The van der Waals surface area contributed by atoms with E-state index in [-0.39, 0.29) is 11.9 Å². The second kappa shape index (κ2) is 6.35. The molecule has 21 heavy (non-hydrogen) atoms. The zero-order chi connectivity index (χ0) is 15.6. The van der Waals surface area contributed by atoms with E-state index >= 15 is 0 Å². The van der Waals surface area contributed by atoms with E-state index in [9.17, 15) is 4.39 Å². The quantitative estimate of drug-likeness (QED) is 0.760. The van der Waals surface area contributed by atoms with Crippen molar-refractivity contribution in [2.45, 2.75) is 26.9 Å². The van der Waals surface area contributed by atoms with Crippen LogP contribution < -0.4 is 15.8 Å². The van der Waals surface area contributed by atoms with Crippen molar-refractivity contribution < 1.29 is 9.13 Å².